The minimum absolute atomic E-state index is 0. The number of ether oxygens (including phenoxy) is 4. The van der Waals surface area contributed by atoms with E-state index in [1.807, 2.05) is 44.2 Å². The van der Waals surface area contributed by atoms with Gasteiger partial charge in [-0.05, 0) is 125 Å². The van der Waals surface area contributed by atoms with Gasteiger partial charge in [0.05, 0.1) is 91.7 Å². The molecule has 0 bridgehead atoms. The minimum atomic E-state index is -1.44. The maximum absolute atomic E-state index is 12.2. The van der Waals surface area contributed by atoms with Gasteiger partial charge in [0.1, 0.15) is 22.7 Å². The zero-order valence-electron chi connectivity index (χ0n) is 46.3. The fourth-order valence-electron chi connectivity index (χ4n) is 7.75. The van der Waals surface area contributed by atoms with Crippen LogP contribution in [0.3, 0.4) is 0 Å². The van der Waals surface area contributed by atoms with Crippen LogP contribution in [0, 0.1) is 58.7 Å². The molecular formula is C58H57N10NaO10S2. The summed E-state index contributed by atoms with van der Waals surface area (Å²) in [5.41, 5.74) is 7.76. The van der Waals surface area contributed by atoms with Crippen LogP contribution >= 0.6 is 22.7 Å². The SMILES string of the molecule is O=C1OC(=O)c2ccccc21.[C-]#[N+]c1c(N=Nc2ccc(N(CCOCCOC(=O)c3ccccc3C(=O)[O-])C(C)C)cc2C)sc(C#N)c1C.[C-]#[N+]c1sc(N=Nc2ccc(N(CCOCCO)C(C)C)cc2C)c([N+]#[C-])c1C.[Na+]. The van der Waals surface area contributed by atoms with Crippen molar-refractivity contribution in [2.75, 3.05) is 62.5 Å². The molecule has 81 heavy (non-hydrogen) atoms. The molecule has 1 aliphatic rings. The van der Waals surface area contributed by atoms with Gasteiger partial charge >= 0.3 is 47.5 Å². The molecule has 0 atom stereocenters. The number of aromatic carboxylic acids is 1. The van der Waals surface area contributed by atoms with Gasteiger partial charge in [0.25, 0.3) is 0 Å². The van der Waals surface area contributed by atoms with Gasteiger partial charge in [-0.2, -0.15) is 25.7 Å². The van der Waals surface area contributed by atoms with Crippen molar-refractivity contribution < 1.29 is 77.9 Å². The summed E-state index contributed by atoms with van der Waals surface area (Å²) >= 11 is 2.35. The number of anilines is 2. The predicted molar refractivity (Wildman–Crippen MR) is 303 cm³/mol. The molecule has 23 heteroatoms. The molecule has 4 aromatic carbocycles. The molecule has 0 aliphatic carbocycles. The zero-order valence-corrected chi connectivity index (χ0v) is 49.9. The Kier molecular flexibility index (Phi) is 26.1. The molecule has 3 heterocycles. The summed E-state index contributed by atoms with van der Waals surface area (Å²) in [7, 11) is 0. The van der Waals surface area contributed by atoms with Gasteiger partial charge < -0.3 is 43.8 Å². The van der Waals surface area contributed by atoms with E-state index in [1.165, 1.54) is 29.5 Å². The number of aliphatic hydroxyl groups is 1. The predicted octanol–water partition coefficient (Wildman–Crippen LogP) is 9.76. The number of esters is 3. The van der Waals surface area contributed by atoms with Gasteiger partial charge in [-0.25, -0.2) is 28.9 Å². The van der Waals surface area contributed by atoms with E-state index in [2.05, 4.69) is 89.4 Å². The fraction of sp³-hybridized carbons (Fsp3) is 0.310. The average Bonchev–Trinajstić information content (AvgIpc) is 4.07. The van der Waals surface area contributed by atoms with Crippen molar-refractivity contribution in [2.24, 2.45) is 20.5 Å². The first kappa shape index (κ1) is 65.5. The number of nitrogens with zero attached hydrogens (tertiary/aromatic N) is 10. The molecule has 0 saturated heterocycles. The summed E-state index contributed by atoms with van der Waals surface area (Å²) in [6.07, 6.45) is 0. The molecule has 0 spiro atoms. The van der Waals surface area contributed by atoms with E-state index >= 15 is 0 Å². The summed E-state index contributed by atoms with van der Waals surface area (Å²) in [6.45, 7) is 40.4. The van der Waals surface area contributed by atoms with Gasteiger partial charge in [0.2, 0.25) is 16.4 Å². The number of carbonyl (C=O) groups excluding carboxylic acids is 4. The van der Waals surface area contributed by atoms with E-state index in [0.29, 0.717) is 91.6 Å². The minimum Gasteiger partial charge on any atom is -0.545 e. The van der Waals surface area contributed by atoms with E-state index in [-0.39, 0.29) is 66.5 Å². The molecule has 0 fully saturated rings. The van der Waals surface area contributed by atoms with Gasteiger partial charge in [0.15, 0.2) is 0 Å². The number of hydrogen-bond donors (Lipinski definition) is 1. The number of nitriles is 1. The number of cyclic esters (lactones) is 2. The number of hydrogen-bond acceptors (Lipinski definition) is 19. The Labute approximate surface area is 500 Å². The van der Waals surface area contributed by atoms with Crippen molar-refractivity contribution in [1.29, 1.82) is 5.26 Å². The van der Waals surface area contributed by atoms with Crippen molar-refractivity contribution >= 4 is 95.7 Å². The molecule has 7 rings (SSSR count). The summed E-state index contributed by atoms with van der Waals surface area (Å²) in [4.78, 5) is 60.4. The largest absolute Gasteiger partial charge is 1.00 e. The number of carboxylic acids is 1. The van der Waals surface area contributed by atoms with Crippen LogP contribution in [0.4, 0.5) is 49.1 Å². The van der Waals surface area contributed by atoms with Crippen LogP contribution in [0.25, 0.3) is 14.5 Å². The second-order valence-corrected chi connectivity index (χ2v) is 19.9. The third kappa shape index (κ3) is 17.7. The molecule has 0 radical (unpaired) electrons. The number of benzene rings is 4. The Morgan fingerprint density at radius 2 is 1.16 bits per heavy atom. The van der Waals surface area contributed by atoms with Gasteiger partial charge in [0, 0.05) is 42.1 Å². The molecule has 1 N–H and O–H groups in total. The Balaban J connectivity index is 0.000000298. The van der Waals surface area contributed by atoms with E-state index in [4.69, 9.17) is 39.0 Å². The average molecular weight is 1140 g/mol. The Morgan fingerprint density at radius 3 is 1.62 bits per heavy atom. The van der Waals surface area contributed by atoms with Crippen LogP contribution in [0.1, 0.15) is 96.3 Å². The monoisotopic (exact) mass is 1140 g/mol. The first-order valence-corrected chi connectivity index (χ1v) is 26.5. The topological polar surface area (TPSA) is 241 Å². The first-order valence-electron chi connectivity index (χ1n) is 24.9. The van der Waals surface area contributed by atoms with E-state index in [9.17, 15) is 29.5 Å². The maximum atomic E-state index is 12.2. The molecule has 20 nitrogen and oxygen atoms in total. The summed E-state index contributed by atoms with van der Waals surface area (Å²) in [6, 6.07) is 26.6. The maximum Gasteiger partial charge on any atom is 1.00 e. The molecule has 1 aliphatic heterocycles. The standard InChI is InChI=1S/C29H29N5O5S.C21H25N5O2S.C8H4O3.Na/c1-18(2)34(12-13-38-14-15-39-29(37)23-9-7-6-8-22(23)28(35)36)21-10-11-24(19(3)16-21)32-33-27-26(31-5)20(4)25(17-30)40-27;1-14(2)26(9-11-28-12-10-27)17-7-8-18(15(3)13-17)24-25-21-19(22-5)16(4)20(23-6)29-21;9-7-5-3-1-2-4-6(5)8(10)11-7;/h6-11,16,18H,12-15H2,1-4H3,(H,35,36);7-8,13-14,27H,9-12H2,1-4H3;1-4H;/q;;;+1/p-1. The van der Waals surface area contributed by atoms with Crippen molar-refractivity contribution in [1.82, 2.24) is 0 Å². The zero-order chi connectivity index (χ0) is 58.5. The molecule has 0 unspecified atom stereocenters. The first-order chi connectivity index (χ1) is 38.4. The fourth-order valence-corrected chi connectivity index (χ4v) is 9.47. The van der Waals surface area contributed by atoms with Crippen molar-refractivity contribution in [3.8, 4) is 6.07 Å². The van der Waals surface area contributed by atoms with Crippen molar-refractivity contribution in [3.63, 3.8) is 0 Å². The summed E-state index contributed by atoms with van der Waals surface area (Å²) < 4.78 is 20.6. The number of carboxylic acid groups (broad SMARTS) is 1. The van der Waals surface area contributed by atoms with Crippen LogP contribution in [-0.4, -0.2) is 93.8 Å². The number of azo groups is 2. The van der Waals surface area contributed by atoms with Crippen LogP contribution in [-0.2, 0) is 18.9 Å². The second-order valence-electron chi connectivity index (χ2n) is 17.9. The summed E-state index contributed by atoms with van der Waals surface area (Å²) in [5, 5.41) is 47.8. The smallest absolute Gasteiger partial charge is 0.545 e. The summed E-state index contributed by atoms with van der Waals surface area (Å²) in [5.74, 6) is -3.29. The van der Waals surface area contributed by atoms with Crippen molar-refractivity contribution in [3.05, 3.63) is 169 Å². The van der Waals surface area contributed by atoms with E-state index in [0.717, 1.165) is 46.1 Å². The number of aryl methyl sites for hydroxylation is 2. The molecular weight excluding hydrogens is 1080 g/mol. The number of thiophene rings is 2. The third-order valence-electron chi connectivity index (χ3n) is 11.9. The second kappa shape index (κ2) is 32.3. The molecule has 2 aromatic heterocycles. The van der Waals surface area contributed by atoms with Crippen LogP contribution in [0.15, 0.2) is 105 Å². The Morgan fingerprint density at radius 1 is 0.679 bits per heavy atom. The quantitative estimate of drug-likeness (QED) is 0.0176. The normalized spacial score (nSPS) is 11.3. The van der Waals surface area contributed by atoms with Gasteiger partial charge in [-0.1, -0.05) is 37.3 Å². The van der Waals surface area contributed by atoms with Crippen molar-refractivity contribution in [2.45, 2.75) is 67.5 Å². The molecule has 0 amide bonds. The number of aliphatic hydroxyl groups excluding tert-OH is 1. The van der Waals surface area contributed by atoms with E-state index < -0.39 is 23.9 Å². The van der Waals surface area contributed by atoms with Gasteiger partial charge in [-0.15, -0.1) is 22.7 Å². The third-order valence-corrected chi connectivity index (χ3v) is 14.1. The molecule has 412 valence electrons. The van der Waals surface area contributed by atoms with Crippen LogP contribution in [0.2, 0.25) is 0 Å². The van der Waals surface area contributed by atoms with Gasteiger partial charge in [-0.3, -0.25) is 0 Å². The Hall–Kier alpha value is -8.00. The molecule has 6 aromatic rings. The molecule has 0 saturated carbocycles. The number of fused-ring (bicyclic) bond motifs is 1. The number of rotatable bonds is 21. The van der Waals surface area contributed by atoms with E-state index in [1.54, 1.807) is 44.2 Å². The van der Waals surface area contributed by atoms with Crippen LogP contribution < -0.4 is 44.5 Å². The number of carbonyl (C=O) groups is 4. The Bertz CT molecular complexity index is 3420. The van der Waals surface area contributed by atoms with Crippen LogP contribution in [0.5, 0.6) is 0 Å².